The molecule has 2 aromatic rings. The highest BCUT2D eigenvalue weighted by Crippen LogP contribution is 2.19. The molecular weight excluding hydrogens is 284 g/mol. The lowest BCUT2D eigenvalue weighted by molar-refractivity contribution is -0.123. The number of nitrogens with zero attached hydrogens (tertiary/aromatic N) is 1. The van der Waals surface area contributed by atoms with Crippen molar-refractivity contribution in [1.29, 1.82) is 0 Å². The summed E-state index contributed by atoms with van der Waals surface area (Å²) in [5.41, 5.74) is 2.37. The number of imide groups is 1. The Morgan fingerprint density at radius 2 is 2.10 bits per heavy atom. The molecule has 5 heteroatoms. The molecule has 1 fully saturated rings. The standard InChI is InChI=1S/C16H14N2O2S/c1-11-4-2-5-12(8-11)10-18-15(19)14(17-16(18)20)9-13-6-3-7-21-13/h2-9H,10H2,1H3,(H,17,20)/b14-9-. The summed E-state index contributed by atoms with van der Waals surface area (Å²) in [5, 5.41) is 4.56. The number of carbonyl (C=O) groups excluding carboxylic acids is 2. The summed E-state index contributed by atoms with van der Waals surface area (Å²) in [5.74, 6) is -0.282. The van der Waals surface area contributed by atoms with E-state index in [9.17, 15) is 9.59 Å². The van der Waals surface area contributed by atoms with Crippen molar-refractivity contribution in [3.05, 3.63) is 63.5 Å². The van der Waals surface area contributed by atoms with E-state index in [0.717, 1.165) is 16.0 Å². The van der Waals surface area contributed by atoms with Crippen LogP contribution in [-0.2, 0) is 11.3 Å². The summed E-state index contributed by atoms with van der Waals surface area (Å²) in [4.78, 5) is 26.5. The SMILES string of the molecule is Cc1cccc(CN2C(=O)N/C(=C\c3cccs3)C2=O)c1. The predicted octanol–water partition coefficient (Wildman–Crippen LogP) is 3.15. The second-order valence-corrected chi connectivity index (χ2v) is 5.86. The Morgan fingerprint density at radius 1 is 1.24 bits per heavy atom. The molecular formula is C16H14N2O2S. The van der Waals surface area contributed by atoms with Crippen LogP contribution in [0.15, 0.2) is 47.5 Å². The van der Waals surface area contributed by atoms with Crippen LogP contribution in [0.2, 0.25) is 0 Å². The molecule has 1 aromatic carbocycles. The minimum absolute atomic E-state index is 0.282. The van der Waals surface area contributed by atoms with E-state index < -0.39 is 0 Å². The highest BCUT2D eigenvalue weighted by atomic mass is 32.1. The van der Waals surface area contributed by atoms with Gasteiger partial charge in [0.15, 0.2) is 0 Å². The van der Waals surface area contributed by atoms with E-state index in [1.54, 1.807) is 6.08 Å². The molecule has 1 aliphatic heterocycles. The largest absolute Gasteiger partial charge is 0.329 e. The molecule has 1 N–H and O–H groups in total. The molecule has 0 radical (unpaired) electrons. The molecule has 0 unspecified atom stereocenters. The zero-order valence-electron chi connectivity index (χ0n) is 11.5. The summed E-state index contributed by atoms with van der Waals surface area (Å²) in [7, 11) is 0. The van der Waals surface area contributed by atoms with Crippen LogP contribution in [0, 0.1) is 6.92 Å². The van der Waals surface area contributed by atoms with Gasteiger partial charge >= 0.3 is 6.03 Å². The number of benzene rings is 1. The van der Waals surface area contributed by atoms with Gasteiger partial charge in [0.1, 0.15) is 5.70 Å². The Kier molecular flexibility index (Phi) is 3.58. The van der Waals surface area contributed by atoms with Gasteiger partial charge in [0, 0.05) is 4.88 Å². The fourth-order valence-corrected chi connectivity index (χ4v) is 2.88. The molecule has 106 valence electrons. The molecule has 3 amide bonds. The molecule has 3 rings (SSSR count). The van der Waals surface area contributed by atoms with Crippen LogP contribution in [0.3, 0.4) is 0 Å². The van der Waals surface area contributed by atoms with Crippen molar-refractivity contribution >= 4 is 29.4 Å². The molecule has 0 saturated carbocycles. The van der Waals surface area contributed by atoms with Crippen molar-refractivity contribution < 1.29 is 9.59 Å². The van der Waals surface area contributed by atoms with Gasteiger partial charge in [0.05, 0.1) is 6.54 Å². The zero-order valence-corrected chi connectivity index (χ0v) is 12.3. The Balaban J connectivity index is 1.81. The van der Waals surface area contributed by atoms with E-state index in [-0.39, 0.29) is 18.5 Å². The van der Waals surface area contributed by atoms with Gasteiger partial charge < -0.3 is 5.32 Å². The van der Waals surface area contributed by atoms with E-state index in [0.29, 0.717) is 5.70 Å². The monoisotopic (exact) mass is 298 g/mol. The number of rotatable bonds is 3. The Hall–Kier alpha value is -2.40. The van der Waals surface area contributed by atoms with E-state index in [4.69, 9.17) is 0 Å². The lowest BCUT2D eigenvalue weighted by Crippen LogP contribution is -2.30. The average Bonchev–Trinajstić information content (AvgIpc) is 3.04. The van der Waals surface area contributed by atoms with Gasteiger partial charge in [-0.05, 0) is 30.0 Å². The third kappa shape index (κ3) is 2.87. The first-order chi connectivity index (χ1) is 10.1. The van der Waals surface area contributed by atoms with Crippen molar-refractivity contribution in [3.8, 4) is 0 Å². The Labute approximate surface area is 126 Å². The Bertz CT molecular complexity index is 720. The van der Waals surface area contributed by atoms with Gasteiger partial charge in [-0.15, -0.1) is 11.3 Å². The van der Waals surface area contributed by atoms with Gasteiger partial charge in [0.25, 0.3) is 5.91 Å². The number of thiophene rings is 1. The van der Waals surface area contributed by atoms with Crippen LogP contribution in [0.4, 0.5) is 4.79 Å². The van der Waals surface area contributed by atoms with E-state index >= 15 is 0 Å². The molecule has 0 aliphatic carbocycles. The molecule has 0 bridgehead atoms. The fourth-order valence-electron chi connectivity index (χ4n) is 2.22. The van der Waals surface area contributed by atoms with Gasteiger partial charge in [0.2, 0.25) is 0 Å². The van der Waals surface area contributed by atoms with Gasteiger partial charge in [-0.1, -0.05) is 35.9 Å². The van der Waals surface area contributed by atoms with Crippen LogP contribution in [-0.4, -0.2) is 16.8 Å². The highest BCUT2D eigenvalue weighted by molar-refractivity contribution is 7.10. The summed E-state index contributed by atoms with van der Waals surface area (Å²) >= 11 is 1.52. The molecule has 21 heavy (non-hydrogen) atoms. The Morgan fingerprint density at radius 3 is 2.81 bits per heavy atom. The third-order valence-corrected chi connectivity index (χ3v) is 4.03. The van der Waals surface area contributed by atoms with Crippen LogP contribution in [0.25, 0.3) is 6.08 Å². The van der Waals surface area contributed by atoms with Gasteiger partial charge in [-0.3, -0.25) is 9.69 Å². The average molecular weight is 298 g/mol. The molecule has 0 atom stereocenters. The number of aryl methyl sites for hydroxylation is 1. The van der Waals surface area contributed by atoms with Crippen molar-refractivity contribution in [2.45, 2.75) is 13.5 Å². The number of hydrogen-bond donors (Lipinski definition) is 1. The first-order valence-electron chi connectivity index (χ1n) is 6.57. The molecule has 1 aromatic heterocycles. The lowest BCUT2D eigenvalue weighted by Gasteiger charge is -2.12. The number of amides is 3. The molecule has 1 aliphatic rings. The summed E-state index contributed by atoms with van der Waals surface area (Å²) in [6, 6.07) is 11.2. The predicted molar refractivity (Wildman–Crippen MR) is 82.6 cm³/mol. The first kappa shape index (κ1) is 13.6. The maximum atomic E-state index is 12.3. The number of hydrogen-bond acceptors (Lipinski definition) is 3. The van der Waals surface area contributed by atoms with Crippen molar-refractivity contribution in [2.24, 2.45) is 0 Å². The lowest BCUT2D eigenvalue weighted by atomic mass is 10.1. The second kappa shape index (κ2) is 5.54. The molecule has 1 saturated heterocycles. The minimum atomic E-state index is -0.371. The van der Waals surface area contributed by atoms with E-state index in [1.165, 1.54) is 16.2 Å². The molecule has 4 nitrogen and oxygen atoms in total. The molecule has 0 spiro atoms. The maximum Gasteiger partial charge on any atom is 0.329 e. The second-order valence-electron chi connectivity index (χ2n) is 4.88. The van der Waals surface area contributed by atoms with Crippen molar-refractivity contribution in [3.63, 3.8) is 0 Å². The smallest absolute Gasteiger partial charge is 0.303 e. The van der Waals surface area contributed by atoms with Crippen LogP contribution < -0.4 is 5.32 Å². The third-order valence-electron chi connectivity index (χ3n) is 3.22. The van der Waals surface area contributed by atoms with Crippen molar-refractivity contribution in [1.82, 2.24) is 10.2 Å². The number of nitrogens with one attached hydrogen (secondary N) is 1. The number of carbonyl (C=O) groups is 2. The minimum Gasteiger partial charge on any atom is -0.303 e. The summed E-state index contributed by atoms with van der Waals surface area (Å²) in [6.07, 6.45) is 1.71. The summed E-state index contributed by atoms with van der Waals surface area (Å²) < 4.78 is 0. The number of urea groups is 1. The highest BCUT2D eigenvalue weighted by Gasteiger charge is 2.33. The normalized spacial score (nSPS) is 16.6. The zero-order chi connectivity index (χ0) is 14.8. The van der Waals surface area contributed by atoms with Crippen LogP contribution in [0.5, 0.6) is 0 Å². The van der Waals surface area contributed by atoms with Gasteiger partial charge in [-0.2, -0.15) is 0 Å². The fraction of sp³-hybridized carbons (Fsp3) is 0.125. The molecule has 2 heterocycles. The van der Waals surface area contributed by atoms with Crippen LogP contribution in [0.1, 0.15) is 16.0 Å². The summed E-state index contributed by atoms with van der Waals surface area (Å²) in [6.45, 7) is 2.27. The van der Waals surface area contributed by atoms with Crippen molar-refractivity contribution in [2.75, 3.05) is 0 Å². The maximum absolute atomic E-state index is 12.3. The van der Waals surface area contributed by atoms with E-state index in [1.807, 2.05) is 48.7 Å². The first-order valence-corrected chi connectivity index (χ1v) is 7.45. The van der Waals surface area contributed by atoms with Crippen LogP contribution >= 0.6 is 11.3 Å². The quantitative estimate of drug-likeness (QED) is 0.699. The topological polar surface area (TPSA) is 49.4 Å². The van der Waals surface area contributed by atoms with Gasteiger partial charge in [-0.25, -0.2) is 4.79 Å². The van der Waals surface area contributed by atoms with E-state index in [2.05, 4.69) is 5.32 Å².